The Balaban J connectivity index is 1.76. The van der Waals surface area contributed by atoms with Gasteiger partial charge in [0.1, 0.15) is 18.0 Å². The lowest BCUT2D eigenvalue weighted by Gasteiger charge is -2.08. The summed E-state index contributed by atoms with van der Waals surface area (Å²) >= 11 is 0. The van der Waals surface area contributed by atoms with Gasteiger partial charge in [0.05, 0.1) is 0 Å². The molecule has 24 heavy (non-hydrogen) atoms. The van der Waals surface area contributed by atoms with Gasteiger partial charge in [0.15, 0.2) is 0 Å². The van der Waals surface area contributed by atoms with Crippen LogP contribution in [0.25, 0.3) is 0 Å². The van der Waals surface area contributed by atoms with Crippen molar-refractivity contribution in [1.29, 1.82) is 0 Å². The van der Waals surface area contributed by atoms with Gasteiger partial charge in [0.2, 0.25) is 0 Å². The first-order chi connectivity index (χ1) is 11.7. The number of nitrogens with zero attached hydrogens (tertiary/aromatic N) is 1. The topological polar surface area (TPSA) is 21.6 Å². The summed E-state index contributed by atoms with van der Waals surface area (Å²) in [5, 5.41) is 0. The van der Waals surface area contributed by atoms with Gasteiger partial charge in [0, 0.05) is 6.21 Å². The molecule has 0 fully saturated rings. The molecule has 3 rings (SSSR count). The van der Waals surface area contributed by atoms with Crippen molar-refractivity contribution < 1.29 is 4.74 Å². The molecule has 0 aliphatic carbocycles. The molecule has 2 nitrogen and oxygen atoms in total. The molecule has 0 bridgehead atoms. The second-order valence-corrected chi connectivity index (χ2v) is 5.84. The van der Waals surface area contributed by atoms with Crippen molar-refractivity contribution in [2.24, 2.45) is 4.99 Å². The van der Waals surface area contributed by atoms with Crippen LogP contribution in [-0.4, -0.2) is 6.21 Å². The summed E-state index contributed by atoms with van der Waals surface area (Å²) in [6.45, 7) is 4.77. The van der Waals surface area contributed by atoms with Gasteiger partial charge in [0.25, 0.3) is 0 Å². The number of rotatable bonds is 5. The maximum Gasteiger partial charge on any atom is 0.145 e. The Labute approximate surface area is 143 Å². The lowest BCUT2D eigenvalue weighted by atomic mass is 10.1. The Bertz CT molecular complexity index is 838. The molecule has 0 spiro atoms. The van der Waals surface area contributed by atoms with Crippen LogP contribution >= 0.6 is 0 Å². The van der Waals surface area contributed by atoms with Crippen LogP contribution in [-0.2, 0) is 6.61 Å². The molecule has 0 aliphatic rings. The number of ether oxygens (including phenoxy) is 1. The predicted molar refractivity (Wildman–Crippen MR) is 100 cm³/mol. The minimum absolute atomic E-state index is 0.539. The summed E-state index contributed by atoms with van der Waals surface area (Å²) < 4.78 is 5.94. The lowest BCUT2D eigenvalue weighted by molar-refractivity contribution is 0.307. The summed E-state index contributed by atoms with van der Waals surface area (Å²) in [5.74, 6) is 0.793. The number of hydrogen-bond acceptors (Lipinski definition) is 2. The van der Waals surface area contributed by atoms with E-state index in [9.17, 15) is 0 Å². The fourth-order valence-electron chi connectivity index (χ4n) is 2.41. The van der Waals surface area contributed by atoms with E-state index < -0.39 is 0 Å². The molecule has 0 saturated carbocycles. The van der Waals surface area contributed by atoms with Crippen molar-refractivity contribution in [1.82, 2.24) is 0 Å². The van der Waals surface area contributed by atoms with E-state index in [1.165, 1.54) is 11.1 Å². The largest absolute Gasteiger partial charge is 0.487 e. The van der Waals surface area contributed by atoms with Crippen molar-refractivity contribution in [3.8, 4) is 5.75 Å². The molecule has 0 saturated heterocycles. The molecule has 120 valence electrons. The molecule has 3 aromatic rings. The standard InChI is InChI=1S/C22H21NO/c1-17-12-13-20(14-18(17)2)15-23-21-10-6-7-11-22(21)24-16-19-8-4-3-5-9-19/h3-15H,16H2,1-2H3. The van der Waals surface area contributed by atoms with Crippen LogP contribution in [0, 0.1) is 13.8 Å². The Morgan fingerprint density at radius 3 is 2.38 bits per heavy atom. The number of aliphatic imine (C=N–C) groups is 1. The first-order valence-corrected chi connectivity index (χ1v) is 8.09. The van der Waals surface area contributed by atoms with E-state index in [1.54, 1.807) is 0 Å². The maximum absolute atomic E-state index is 5.94. The van der Waals surface area contributed by atoms with E-state index in [1.807, 2.05) is 48.7 Å². The summed E-state index contributed by atoms with van der Waals surface area (Å²) in [6, 6.07) is 24.4. The third kappa shape index (κ3) is 4.11. The molecule has 0 aliphatic heterocycles. The second kappa shape index (κ2) is 7.60. The molecule has 0 amide bonds. The smallest absolute Gasteiger partial charge is 0.145 e. The molecule has 3 aromatic carbocycles. The first-order valence-electron chi connectivity index (χ1n) is 8.09. The molecular weight excluding hydrogens is 294 g/mol. The van der Waals surface area contributed by atoms with Crippen LogP contribution < -0.4 is 4.74 Å². The van der Waals surface area contributed by atoms with Crippen LogP contribution in [0.3, 0.4) is 0 Å². The summed E-state index contributed by atoms with van der Waals surface area (Å²) in [6.07, 6.45) is 1.89. The minimum Gasteiger partial charge on any atom is -0.487 e. The zero-order chi connectivity index (χ0) is 16.8. The third-order valence-electron chi connectivity index (χ3n) is 3.99. The highest BCUT2D eigenvalue weighted by Crippen LogP contribution is 2.27. The van der Waals surface area contributed by atoms with Crippen LogP contribution in [0.4, 0.5) is 5.69 Å². The Kier molecular flexibility index (Phi) is 5.07. The summed E-state index contributed by atoms with van der Waals surface area (Å²) in [7, 11) is 0. The second-order valence-electron chi connectivity index (χ2n) is 5.84. The van der Waals surface area contributed by atoms with E-state index in [4.69, 9.17) is 4.74 Å². The monoisotopic (exact) mass is 315 g/mol. The molecule has 0 heterocycles. The van der Waals surface area contributed by atoms with Gasteiger partial charge in [-0.3, -0.25) is 4.99 Å². The first kappa shape index (κ1) is 16.0. The van der Waals surface area contributed by atoms with Gasteiger partial charge in [-0.25, -0.2) is 0 Å². The highest BCUT2D eigenvalue weighted by atomic mass is 16.5. The van der Waals surface area contributed by atoms with Gasteiger partial charge in [-0.05, 0) is 48.2 Å². The molecule has 0 atom stereocenters. The van der Waals surface area contributed by atoms with E-state index in [2.05, 4.69) is 49.2 Å². The van der Waals surface area contributed by atoms with Crippen LogP contribution in [0.15, 0.2) is 77.8 Å². The predicted octanol–water partition coefficient (Wildman–Crippen LogP) is 5.63. The molecule has 0 unspecified atom stereocenters. The fraction of sp³-hybridized carbons (Fsp3) is 0.136. The van der Waals surface area contributed by atoms with Crippen molar-refractivity contribution in [3.05, 3.63) is 95.1 Å². The van der Waals surface area contributed by atoms with Gasteiger partial charge in [-0.1, -0.05) is 60.7 Å². The number of hydrogen-bond donors (Lipinski definition) is 0. The highest BCUT2D eigenvalue weighted by Gasteiger charge is 2.02. The number of para-hydroxylation sites is 2. The van der Waals surface area contributed by atoms with Gasteiger partial charge in [-0.2, -0.15) is 0 Å². The quantitative estimate of drug-likeness (QED) is 0.559. The Morgan fingerprint density at radius 1 is 0.833 bits per heavy atom. The van der Waals surface area contributed by atoms with Crippen LogP contribution in [0.2, 0.25) is 0 Å². The normalized spacial score (nSPS) is 10.9. The Morgan fingerprint density at radius 2 is 1.58 bits per heavy atom. The molecule has 0 N–H and O–H groups in total. The van der Waals surface area contributed by atoms with E-state index in [-0.39, 0.29) is 0 Å². The minimum atomic E-state index is 0.539. The number of benzene rings is 3. The third-order valence-corrected chi connectivity index (χ3v) is 3.99. The SMILES string of the molecule is Cc1ccc(C=Nc2ccccc2OCc2ccccc2)cc1C. The Hall–Kier alpha value is -2.87. The average molecular weight is 315 g/mol. The average Bonchev–Trinajstić information content (AvgIpc) is 2.62. The van der Waals surface area contributed by atoms with E-state index in [0.29, 0.717) is 6.61 Å². The van der Waals surface area contributed by atoms with Crippen LogP contribution in [0.5, 0.6) is 5.75 Å². The maximum atomic E-state index is 5.94. The zero-order valence-electron chi connectivity index (χ0n) is 14.1. The van der Waals surface area contributed by atoms with Gasteiger partial charge < -0.3 is 4.74 Å². The summed E-state index contributed by atoms with van der Waals surface area (Å²) in [5.41, 5.74) is 5.64. The van der Waals surface area contributed by atoms with Gasteiger partial charge >= 0.3 is 0 Å². The van der Waals surface area contributed by atoms with Crippen LogP contribution in [0.1, 0.15) is 22.3 Å². The van der Waals surface area contributed by atoms with Crippen molar-refractivity contribution >= 4 is 11.9 Å². The molecule has 0 aromatic heterocycles. The summed E-state index contributed by atoms with van der Waals surface area (Å²) in [4.78, 5) is 4.61. The van der Waals surface area contributed by atoms with Gasteiger partial charge in [-0.15, -0.1) is 0 Å². The van der Waals surface area contributed by atoms with E-state index >= 15 is 0 Å². The van der Waals surface area contributed by atoms with Crippen molar-refractivity contribution in [2.45, 2.75) is 20.5 Å². The molecular formula is C22H21NO. The van der Waals surface area contributed by atoms with Crippen molar-refractivity contribution in [2.75, 3.05) is 0 Å². The fourth-order valence-corrected chi connectivity index (χ4v) is 2.41. The zero-order valence-corrected chi connectivity index (χ0v) is 14.1. The van der Waals surface area contributed by atoms with Crippen molar-refractivity contribution in [3.63, 3.8) is 0 Å². The number of aryl methyl sites for hydroxylation is 2. The molecule has 2 heteroatoms. The molecule has 0 radical (unpaired) electrons. The lowest BCUT2D eigenvalue weighted by Crippen LogP contribution is -1.95. The van der Waals surface area contributed by atoms with E-state index in [0.717, 1.165) is 22.6 Å². The highest BCUT2D eigenvalue weighted by molar-refractivity contribution is 5.83.